The molecule has 0 atom stereocenters. The second kappa shape index (κ2) is 9.37. The third kappa shape index (κ3) is 4.26. The average Bonchev–Trinajstić information content (AvgIpc) is 2.81. The number of benzene rings is 2. The van der Waals surface area contributed by atoms with Crippen molar-refractivity contribution in [1.29, 1.82) is 0 Å². The number of likely N-dealkylation sites (tertiary alicyclic amines) is 1. The van der Waals surface area contributed by atoms with Crippen molar-refractivity contribution in [3.05, 3.63) is 58.5 Å². The number of nitrogens with zero attached hydrogens (tertiary/aromatic N) is 2. The molecule has 0 amide bonds. The summed E-state index contributed by atoms with van der Waals surface area (Å²) in [4.78, 5) is 15.1. The van der Waals surface area contributed by atoms with E-state index >= 15 is 0 Å². The first-order chi connectivity index (χ1) is 15.4. The van der Waals surface area contributed by atoms with E-state index in [0.29, 0.717) is 5.39 Å². The summed E-state index contributed by atoms with van der Waals surface area (Å²) in [5.74, 6) is 3.21. The molecule has 4 rings (SSSR count). The molecule has 0 bridgehead atoms. The van der Waals surface area contributed by atoms with E-state index in [1.54, 1.807) is 25.8 Å². The van der Waals surface area contributed by atoms with Gasteiger partial charge in [-0.25, -0.2) is 0 Å². The summed E-state index contributed by atoms with van der Waals surface area (Å²) in [5.41, 5.74) is 3.05. The number of methoxy groups -OCH3 is 2. The van der Waals surface area contributed by atoms with Gasteiger partial charge in [-0.05, 0) is 66.9 Å². The maximum Gasteiger partial charge on any atom is 0.258 e. The smallest absolute Gasteiger partial charge is 0.258 e. The molecule has 1 aliphatic heterocycles. The van der Waals surface area contributed by atoms with Gasteiger partial charge in [-0.3, -0.25) is 9.69 Å². The molecule has 32 heavy (non-hydrogen) atoms. The molecular weight excluding hydrogens is 400 g/mol. The third-order valence-electron chi connectivity index (χ3n) is 6.97. The van der Waals surface area contributed by atoms with Crippen LogP contribution in [0.25, 0.3) is 21.9 Å². The Morgan fingerprint density at radius 2 is 1.59 bits per heavy atom. The molecule has 3 aromatic rings. The molecule has 1 aliphatic rings. The lowest BCUT2D eigenvalue weighted by Crippen LogP contribution is -2.34. The van der Waals surface area contributed by atoms with Crippen molar-refractivity contribution in [1.82, 2.24) is 9.47 Å². The zero-order valence-corrected chi connectivity index (χ0v) is 19.9. The van der Waals surface area contributed by atoms with Gasteiger partial charge in [0.25, 0.3) is 5.56 Å². The van der Waals surface area contributed by atoms with Crippen molar-refractivity contribution in [3.63, 3.8) is 0 Å². The zero-order chi connectivity index (χ0) is 22.8. The van der Waals surface area contributed by atoms with Gasteiger partial charge in [0.1, 0.15) is 11.5 Å². The first-order valence-corrected chi connectivity index (χ1v) is 11.5. The summed E-state index contributed by atoms with van der Waals surface area (Å²) >= 11 is 0. The lowest BCUT2D eigenvalue weighted by atomic mass is 9.86. The molecule has 0 unspecified atom stereocenters. The lowest BCUT2D eigenvalue weighted by Gasteiger charge is -2.34. The van der Waals surface area contributed by atoms with E-state index in [4.69, 9.17) is 9.47 Å². The van der Waals surface area contributed by atoms with Crippen molar-refractivity contribution < 1.29 is 9.47 Å². The summed E-state index contributed by atoms with van der Waals surface area (Å²) < 4.78 is 13.3. The number of aromatic nitrogens is 1. The Balaban J connectivity index is 1.73. The standard InChI is InChI=1S/C27H34N2O3/c1-18(2)19-10-12-29(13-11-19)17-24-25(31-4)14-20(15-26(24)32-5)23-16-28(3)27(30)22-9-7-6-8-21(22)23/h6-9,14-16,18-19H,10-13,17H2,1-5H3. The highest BCUT2D eigenvalue weighted by atomic mass is 16.5. The number of piperidine rings is 1. The fraction of sp³-hybridized carbons (Fsp3) is 0.444. The summed E-state index contributed by atoms with van der Waals surface area (Å²) in [6.45, 7) is 7.67. The molecule has 2 aromatic carbocycles. The lowest BCUT2D eigenvalue weighted by molar-refractivity contribution is 0.149. The van der Waals surface area contributed by atoms with Crippen LogP contribution in [-0.2, 0) is 13.6 Å². The van der Waals surface area contributed by atoms with E-state index in [0.717, 1.165) is 65.0 Å². The summed E-state index contributed by atoms with van der Waals surface area (Å²) in [6, 6.07) is 11.9. The molecule has 1 aromatic heterocycles. The third-order valence-corrected chi connectivity index (χ3v) is 6.97. The fourth-order valence-corrected chi connectivity index (χ4v) is 4.94. The number of hydrogen-bond donors (Lipinski definition) is 0. The van der Waals surface area contributed by atoms with Gasteiger partial charge in [0.2, 0.25) is 0 Å². The van der Waals surface area contributed by atoms with Crippen molar-refractivity contribution >= 4 is 10.8 Å². The monoisotopic (exact) mass is 434 g/mol. The van der Waals surface area contributed by atoms with E-state index in [-0.39, 0.29) is 5.56 Å². The Kier molecular flexibility index (Phi) is 6.56. The molecule has 1 fully saturated rings. The van der Waals surface area contributed by atoms with Gasteiger partial charge in [0.15, 0.2) is 0 Å². The summed E-state index contributed by atoms with van der Waals surface area (Å²) in [6.07, 6.45) is 4.38. The van der Waals surface area contributed by atoms with Crippen molar-refractivity contribution in [2.75, 3.05) is 27.3 Å². The number of fused-ring (bicyclic) bond motifs is 1. The molecular formula is C27H34N2O3. The number of rotatable bonds is 6. The predicted molar refractivity (Wildman–Crippen MR) is 131 cm³/mol. The Morgan fingerprint density at radius 1 is 1.00 bits per heavy atom. The maximum absolute atomic E-state index is 12.6. The number of pyridine rings is 1. The normalized spacial score (nSPS) is 15.4. The van der Waals surface area contributed by atoms with Gasteiger partial charge in [0.05, 0.1) is 19.8 Å². The fourth-order valence-electron chi connectivity index (χ4n) is 4.94. The molecule has 0 radical (unpaired) electrons. The quantitative estimate of drug-likeness (QED) is 0.542. The van der Waals surface area contributed by atoms with Crippen LogP contribution in [0.4, 0.5) is 0 Å². The van der Waals surface area contributed by atoms with Gasteiger partial charge < -0.3 is 14.0 Å². The number of aryl methyl sites for hydroxylation is 1. The highest BCUT2D eigenvalue weighted by molar-refractivity contribution is 5.96. The van der Waals surface area contributed by atoms with Gasteiger partial charge in [-0.1, -0.05) is 32.0 Å². The second-order valence-electron chi connectivity index (χ2n) is 9.22. The van der Waals surface area contributed by atoms with Crippen LogP contribution in [0.1, 0.15) is 32.3 Å². The molecule has 1 saturated heterocycles. The van der Waals surface area contributed by atoms with Crippen LogP contribution in [0.15, 0.2) is 47.4 Å². The topological polar surface area (TPSA) is 43.7 Å². The van der Waals surface area contributed by atoms with Crippen molar-refractivity contribution in [2.24, 2.45) is 18.9 Å². The second-order valence-corrected chi connectivity index (χ2v) is 9.22. The van der Waals surface area contributed by atoms with E-state index in [2.05, 4.69) is 30.9 Å². The first kappa shape index (κ1) is 22.4. The molecule has 0 spiro atoms. The largest absolute Gasteiger partial charge is 0.496 e. The van der Waals surface area contributed by atoms with Crippen LogP contribution in [0.2, 0.25) is 0 Å². The van der Waals surface area contributed by atoms with E-state index in [9.17, 15) is 4.79 Å². The predicted octanol–water partition coefficient (Wildman–Crippen LogP) is 5.09. The first-order valence-electron chi connectivity index (χ1n) is 11.5. The molecule has 170 valence electrons. The van der Waals surface area contributed by atoms with Gasteiger partial charge in [0, 0.05) is 30.7 Å². The summed E-state index contributed by atoms with van der Waals surface area (Å²) in [7, 11) is 5.22. The molecule has 2 heterocycles. The molecule has 0 N–H and O–H groups in total. The van der Waals surface area contributed by atoms with E-state index < -0.39 is 0 Å². The minimum absolute atomic E-state index is 0.00435. The molecule has 5 nitrogen and oxygen atoms in total. The van der Waals surface area contributed by atoms with Crippen molar-refractivity contribution in [2.45, 2.75) is 33.2 Å². The van der Waals surface area contributed by atoms with Crippen LogP contribution in [0.3, 0.4) is 0 Å². The minimum Gasteiger partial charge on any atom is -0.496 e. The van der Waals surface area contributed by atoms with E-state index in [1.807, 2.05) is 30.5 Å². The van der Waals surface area contributed by atoms with Crippen LogP contribution in [0, 0.1) is 11.8 Å². The van der Waals surface area contributed by atoms with E-state index in [1.165, 1.54) is 12.8 Å². The van der Waals surface area contributed by atoms with Crippen LogP contribution < -0.4 is 15.0 Å². The molecule has 0 saturated carbocycles. The van der Waals surface area contributed by atoms with Crippen LogP contribution in [-0.4, -0.2) is 36.8 Å². The van der Waals surface area contributed by atoms with Gasteiger partial charge in [-0.15, -0.1) is 0 Å². The summed E-state index contributed by atoms with van der Waals surface area (Å²) in [5, 5.41) is 1.64. The van der Waals surface area contributed by atoms with Crippen LogP contribution >= 0.6 is 0 Å². The molecule has 0 aliphatic carbocycles. The highest BCUT2D eigenvalue weighted by Crippen LogP contribution is 2.38. The zero-order valence-electron chi connectivity index (χ0n) is 19.9. The average molecular weight is 435 g/mol. The highest BCUT2D eigenvalue weighted by Gasteiger charge is 2.24. The Bertz CT molecular complexity index is 1130. The molecule has 5 heteroatoms. The number of hydrogen-bond acceptors (Lipinski definition) is 4. The number of ether oxygens (including phenoxy) is 2. The Labute approximate surface area is 190 Å². The minimum atomic E-state index is 0.00435. The van der Waals surface area contributed by atoms with Gasteiger partial charge in [-0.2, -0.15) is 0 Å². The van der Waals surface area contributed by atoms with Gasteiger partial charge >= 0.3 is 0 Å². The van der Waals surface area contributed by atoms with Crippen molar-refractivity contribution in [3.8, 4) is 22.6 Å². The van der Waals surface area contributed by atoms with Crippen LogP contribution in [0.5, 0.6) is 11.5 Å². The Hall–Kier alpha value is -2.79. The SMILES string of the molecule is COc1cc(-c2cn(C)c(=O)c3ccccc23)cc(OC)c1CN1CCC(C(C)C)CC1. The maximum atomic E-state index is 12.6. The Morgan fingerprint density at radius 3 is 2.16 bits per heavy atom.